The van der Waals surface area contributed by atoms with Crippen molar-refractivity contribution in [3.05, 3.63) is 54.2 Å². The lowest BCUT2D eigenvalue weighted by Crippen LogP contribution is -2.12. The molecule has 0 amide bonds. The van der Waals surface area contributed by atoms with Gasteiger partial charge in [-0.2, -0.15) is 0 Å². The van der Waals surface area contributed by atoms with Gasteiger partial charge in [0.25, 0.3) is 0 Å². The molecule has 0 spiro atoms. The monoisotopic (exact) mass is 471 g/mol. The maximum Gasteiger partial charge on any atom is 0.414 e. The van der Waals surface area contributed by atoms with Crippen LogP contribution in [0, 0.1) is 0 Å². The number of aromatic nitrogens is 2. The van der Waals surface area contributed by atoms with E-state index >= 15 is 0 Å². The number of ether oxygens (including phenoxy) is 4. The van der Waals surface area contributed by atoms with Gasteiger partial charge < -0.3 is 39.0 Å². The van der Waals surface area contributed by atoms with Gasteiger partial charge in [0.2, 0.25) is 12.7 Å². The number of benzene rings is 2. The Morgan fingerprint density at radius 3 is 2.53 bits per heavy atom. The van der Waals surface area contributed by atoms with Crippen LogP contribution in [-0.2, 0) is 27.4 Å². The van der Waals surface area contributed by atoms with Gasteiger partial charge in [0.05, 0.1) is 25.6 Å². The maximum atomic E-state index is 9.10. The van der Waals surface area contributed by atoms with Crippen molar-refractivity contribution in [3.8, 4) is 28.5 Å². The van der Waals surface area contributed by atoms with Crippen LogP contribution < -0.4 is 19.5 Å². The van der Waals surface area contributed by atoms with Crippen LogP contribution in [0.25, 0.3) is 11.3 Å². The predicted octanol–water partition coefficient (Wildman–Crippen LogP) is 2.70. The summed E-state index contributed by atoms with van der Waals surface area (Å²) in [5.41, 5.74) is 3.06. The van der Waals surface area contributed by atoms with E-state index in [9.17, 15) is 0 Å². The van der Waals surface area contributed by atoms with E-state index in [1.54, 1.807) is 14.2 Å². The lowest BCUT2D eigenvalue weighted by molar-refractivity contribution is -0.159. The lowest BCUT2D eigenvalue weighted by Gasteiger charge is -2.14. The largest absolute Gasteiger partial charge is 0.496 e. The zero-order valence-corrected chi connectivity index (χ0v) is 18.7. The molecule has 11 nitrogen and oxygen atoms in total. The number of imidazole rings is 1. The highest BCUT2D eigenvalue weighted by Crippen LogP contribution is 2.36. The zero-order valence-electron chi connectivity index (χ0n) is 18.7. The fourth-order valence-electron chi connectivity index (χ4n) is 3.24. The molecule has 3 aromatic rings. The molecule has 0 saturated heterocycles. The molecule has 0 fully saturated rings. The van der Waals surface area contributed by atoms with Gasteiger partial charge >= 0.3 is 11.9 Å². The van der Waals surface area contributed by atoms with Crippen molar-refractivity contribution < 1.29 is 38.7 Å². The summed E-state index contributed by atoms with van der Waals surface area (Å²) in [7, 11) is 3.37. The SMILES string of the molecule is COCCn1c(-c2ccc3c(c2)OCO3)cnc1NCc1ccccc1OC.O=C(O)C(=O)O. The molecule has 34 heavy (non-hydrogen) atoms. The van der Waals surface area contributed by atoms with Crippen molar-refractivity contribution in [2.45, 2.75) is 13.1 Å². The Hall–Kier alpha value is -4.25. The van der Waals surface area contributed by atoms with Gasteiger partial charge in [0, 0.05) is 31.3 Å². The number of fused-ring (bicyclic) bond motifs is 1. The van der Waals surface area contributed by atoms with Crippen LogP contribution in [-0.4, -0.2) is 59.3 Å². The van der Waals surface area contributed by atoms with Gasteiger partial charge in [-0.3, -0.25) is 0 Å². The number of aliphatic carboxylic acids is 2. The number of hydrogen-bond donors (Lipinski definition) is 3. The summed E-state index contributed by atoms with van der Waals surface area (Å²) >= 11 is 0. The van der Waals surface area contributed by atoms with Crippen LogP contribution in [0.4, 0.5) is 5.95 Å². The van der Waals surface area contributed by atoms with Crippen molar-refractivity contribution in [1.29, 1.82) is 0 Å². The van der Waals surface area contributed by atoms with Crippen LogP contribution in [0.2, 0.25) is 0 Å². The molecule has 1 aromatic heterocycles. The molecule has 2 aromatic carbocycles. The van der Waals surface area contributed by atoms with Gasteiger partial charge in [-0.1, -0.05) is 18.2 Å². The predicted molar refractivity (Wildman–Crippen MR) is 121 cm³/mol. The van der Waals surface area contributed by atoms with Gasteiger partial charge in [-0.15, -0.1) is 0 Å². The first-order valence-corrected chi connectivity index (χ1v) is 10.2. The number of carboxylic acid groups (broad SMARTS) is 2. The number of carboxylic acids is 2. The average molecular weight is 471 g/mol. The highest BCUT2D eigenvalue weighted by atomic mass is 16.7. The Labute approximate surface area is 195 Å². The molecule has 2 heterocycles. The fourth-order valence-corrected chi connectivity index (χ4v) is 3.24. The van der Waals surface area contributed by atoms with Crippen molar-refractivity contribution in [3.63, 3.8) is 0 Å². The second-order valence-corrected chi connectivity index (χ2v) is 6.96. The Kier molecular flexibility index (Phi) is 8.30. The van der Waals surface area contributed by atoms with Gasteiger partial charge in [-0.25, -0.2) is 14.6 Å². The fraction of sp³-hybridized carbons (Fsp3) is 0.261. The van der Waals surface area contributed by atoms with Gasteiger partial charge in [-0.05, 0) is 24.3 Å². The van der Waals surface area contributed by atoms with E-state index in [1.807, 2.05) is 48.7 Å². The summed E-state index contributed by atoms with van der Waals surface area (Å²) in [4.78, 5) is 22.8. The molecule has 0 aliphatic carbocycles. The molecule has 4 rings (SSSR count). The minimum absolute atomic E-state index is 0.257. The third-order valence-electron chi connectivity index (χ3n) is 4.86. The van der Waals surface area contributed by atoms with Crippen LogP contribution in [0.3, 0.4) is 0 Å². The van der Waals surface area contributed by atoms with E-state index in [0.29, 0.717) is 19.7 Å². The summed E-state index contributed by atoms with van der Waals surface area (Å²) in [6.07, 6.45) is 1.86. The molecule has 0 radical (unpaired) electrons. The second kappa shape index (κ2) is 11.6. The Bertz CT molecular complexity index is 1130. The number of carbonyl (C=O) groups is 2. The van der Waals surface area contributed by atoms with Crippen LogP contribution in [0.5, 0.6) is 17.2 Å². The minimum Gasteiger partial charge on any atom is -0.496 e. The van der Waals surface area contributed by atoms with E-state index in [1.165, 1.54) is 0 Å². The summed E-state index contributed by atoms with van der Waals surface area (Å²) in [5, 5.41) is 18.2. The maximum absolute atomic E-state index is 9.10. The van der Waals surface area contributed by atoms with Crippen LogP contribution in [0.1, 0.15) is 5.56 Å². The molecule has 0 atom stereocenters. The van der Waals surface area contributed by atoms with Crippen molar-refractivity contribution in [1.82, 2.24) is 9.55 Å². The van der Waals surface area contributed by atoms with Crippen LogP contribution >= 0.6 is 0 Å². The van der Waals surface area contributed by atoms with E-state index < -0.39 is 11.9 Å². The third kappa shape index (κ3) is 5.95. The molecule has 0 unspecified atom stereocenters. The first-order valence-electron chi connectivity index (χ1n) is 10.2. The Morgan fingerprint density at radius 2 is 1.82 bits per heavy atom. The highest BCUT2D eigenvalue weighted by Gasteiger charge is 2.17. The number of para-hydroxylation sites is 1. The Balaban J connectivity index is 0.000000481. The summed E-state index contributed by atoms with van der Waals surface area (Å²) in [5.74, 6) is -0.511. The van der Waals surface area contributed by atoms with Crippen molar-refractivity contribution >= 4 is 17.9 Å². The average Bonchev–Trinajstić information content (AvgIpc) is 3.48. The van der Waals surface area contributed by atoms with Crippen molar-refractivity contribution in [2.24, 2.45) is 0 Å². The lowest BCUT2D eigenvalue weighted by atomic mass is 10.1. The second-order valence-electron chi connectivity index (χ2n) is 6.96. The summed E-state index contributed by atoms with van der Waals surface area (Å²) in [6.45, 7) is 2.12. The summed E-state index contributed by atoms with van der Waals surface area (Å²) in [6, 6.07) is 13.9. The molecule has 3 N–H and O–H groups in total. The summed E-state index contributed by atoms with van der Waals surface area (Å²) < 4.78 is 23.8. The minimum atomic E-state index is -1.82. The molecule has 180 valence electrons. The molecule has 1 aliphatic heterocycles. The quantitative estimate of drug-likeness (QED) is 0.420. The normalized spacial score (nSPS) is 11.4. The molecule has 1 aliphatic rings. The molecular weight excluding hydrogens is 446 g/mol. The van der Waals surface area contributed by atoms with Crippen molar-refractivity contribution in [2.75, 3.05) is 32.9 Å². The van der Waals surface area contributed by atoms with Gasteiger partial charge in [0.15, 0.2) is 11.5 Å². The Morgan fingerprint density at radius 1 is 1.09 bits per heavy atom. The number of nitrogens with zero attached hydrogens (tertiary/aromatic N) is 2. The molecule has 0 bridgehead atoms. The number of nitrogens with one attached hydrogen (secondary N) is 1. The van der Waals surface area contributed by atoms with E-state index in [4.69, 9.17) is 38.7 Å². The molecule has 11 heteroatoms. The number of rotatable bonds is 8. The third-order valence-corrected chi connectivity index (χ3v) is 4.86. The zero-order chi connectivity index (χ0) is 24.5. The number of hydrogen-bond acceptors (Lipinski definition) is 8. The number of methoxy groups -OCH3 is 2. The smallest absolute Gasteiger partial charge is 0.414 e. The highest BCUT2D eigenvalue weighted by molar-refractivity contribution is 6.27. The molecular formula is C23H25N3O8. The topological polar surface area (TPSA) is 141 Å². The van der Waals surface area contributed by atoms with E-state index in [2.05, 4.69) is 14.9 Å². The van der Waals surface area contributed by atoms with E-state index in [-0.39, 0.29) is 6.79 Å². The van der Waals surface area contributed by atoms with Gasteiger partial charge in [0.1, 0.15) is 5.75 Å². The first-order chi connectivity index (χ1) is 16.4. The first kappa shape index (κ1) is 24.4. The van der Waals surface area contributed by atoms with Crippen LogP contribution in [0.15, 0.2) is 48.7 Å². The van der Waals surface area contributed by atoms with E-state index in [0.717, 1.165) is 40.0 Å². The standard InChI is InChI=1S/C21H23N3O4.C2H2O4/c1-25-10-9-24-17(15-7-8-19-20(11-15)28-14-27-19)13-23-21(24)22-12-16-5-3-4-6-18(16)26-2;3-1(4)2(5)6/h3-8,11,13H,9-10,12,14H2,1-2H3,(H,22,23);(H,3,4)(H,5,6). The molecule has 0 saturated carbocycles. The number of anilines is 1.